The van der Waals surface area contributed by atoms with E-state index >= 15 is 0 Å². The largest absolute Gasteiger partial charge is 0.459 e. The summed E-state index contributed by atoms with van der Waals surface area (Å²) >= 11 is 0. The lowest BCUT2D eigenvalue weighted by molar-refractivity contribution is -0.362. The van der Waals surface area contributed by atoms with Crippen molar-refractivity contribution in [1.29, 1.82) is 0 Å². The Bertz CT molecular complexity index is 1060. The maximum atomic E-state index is 13.8. The molecule has 0 aromatic heterocycles. The highest BCUT2D eigenvalue weighted by Crippen LogP contribution is 2.61. The van der Waals surface area contributed by atoms with Gasteiger partial charge >= 0.3 is 29.9 Å². The number of hydrogen-bond donors (Lipinski definition) is 1. The molecular weight excluding hydrogens is 546 g/mol. The number of ether oxygens (including phenoxy) is 2. The van der Waals surface area contributed by atoms with Gasteiger partial charge < -0.3 is 9.47 Å². The van der Waals surface area contributed by atoms with Gasteiger partial charge in [0.15, 0.2) is 0 Å². The lowest BCUT2D eigenvalue weighted by atomic mass is 9.50. The van der Waals surface area contributed by atoms with Gasteiger partial charge in [0.25, 0.3) is 10.1 Å². The number of halogens is 6. The van der Waals surface area contributed by atoms with Crippen LogP contribution < -0.4 is 0 Å². The number of carbonyl (C=O) groups is 2. The number of esters is 2. The summed E-state index contributed by atoms with van der Waals surface area (Å²) in [5.41, 5.74) is -6.32. The third-order valence-corrected chi connectivity index (χ3v) is 10.9. The van der Waals surface area contributed by atoms with Crippen LogP contribution in [-0.4, -0.2) is 54.2 Å². The van der Waals surface area contributed by atoms with Gasteiger partial charge in [-0.2, -0.15) is 34.8 Å². The zero-order chi connectivity index (χ0) is 28.1. The van der Waals surface area contributed by atoms with Gasteiger partial charge in [0, 0.05) is 0 Å². The number of hydrogen-bond acceptors (Lipinski definition) is 6. The smallest absolute Gasteiger partial charge is 0.438 e. The molecule has 7 nitrogen and oxygen atoms in total. The van der Waals surface area contributed by atoms with Crippen molar-refractivity contribution in [3.05, 3.63) is 0 Å². The molecule has 216 valence electrons. The molecule has 0 heterocycles. The molecule has 0 amide bonds. The average Bonchev–Trinajstić information content (AvgIpc) is 3.36. The van der Waals surface area contributed by atoms with E-state index < -0.39 is 75.0 Å². The van der Waals surface area contributed by atoms with E-state index in [1.165, 1.54) is 0 Å². The summed E-state index contributed by atoms with van der Waals surface area (Å²) in [5.74, 6) is -8.55. The van der Waals surface area contributed by atoms with Crippen LogP contribution in [0.2, 0.25) is 0 Å². The standard InChI is InChI=1S/C24H30F6O7S/c1-21(15-5-11-4-12(7-15)8-16(21)6-11)36-19(31)17-13-2-3-14(9-13)18(17)20(32)37-22(23(25,26)27,24(28,29)30)10-38(33,34)35/h11-18H,2-10H2,1H3,(H,33,34,35). The zero-order valence-electron chi connectivity index (χ0n) is 20.6. The second-order valence-corrected chi connectivity index (χ2v) is 13.7. The first-order valence-electron chi connectivity index (χ1n) is 12.9. The molecule has 6 bridgehead atoms. The predicted octanol–water partition coefficient (Wildman–Crippen LogP) is 4.70. The van der Waals surface area contributed by atoms with Crippen molar-refractivity contribution < 1.29 is 58.4 Å². The van der Waals surface area contributed by atoms with Gasteiger partial charge in [-0.05, 0) is 93.8 Å². The molecule has 0 aromatic rings. The first-order chi connectivity index (χ1) is 17.3. The van der Waals surface area contributed by atoms with Crippen LogP contribution in [0.5, 0.6) is 0 Å². The van der Waals surface area contributed by atoms with Crippen molar-refractivity contribution in [3.8, 4) is 0 Å². The molecule has 0 aliphatic heterocycles. The van der Waals surface area contributed by atoms with Gasteiger partial charge in [-0.25, -0.2) is 0 Å². The lowest BCUT2D eigenvalue weighted by Crippen LogP contribution is -2.64. The topological polar surface area (TPSA) is 107 Å². The molecule has 14 heteroatoms. The van der Waals surface area contributed by atoms with E-state index in [1.54, 1.807) is 0 Å². The predicted molar refractivity (Wildman–Crippen MR) is 117 cm³/mol. The summed E-state index contributed by atoms with van der Waals surface area (Å²) in [4.78, 5) is 26.6. The van der Waals surface area contributed by atoms with Crippen molar-refractivity contribution in [1.82, 2.24) is 0 Å². The molecule has 6 rings (SSSR count). The summed E-state index contributed by atoms with van der Waals surface area (Å²) in [6.07, 6.45) is -7.18. The van der Waals surface area contributed by atoms with Gasteiger partial charge in [-0.15, -0.1) is 0 Å². The average molecular weight is 577 g/mol. The third kappa shape index (κ3) is 4.41. The van der Waals surface area contributed by atoms with Gasteiger partial charge in [0.05, 0.1) is 11.8 Å². The molecule has 38 heavy (non-hydrogen) atoms. The molecule has 0 saturated heterocycles. The highest BCUT2D eigenvalue weighted by atomic mass is 32.2. The van der Waals surface area contributed by atoms with Crippen molar-refractivity contribution in [2.24, 2.45) is 47.3 Å². The Morgan fingerprint density at radius 3 is 1.68 bits per heavy atom. The molecular formula is C24H30F6O7S. The van der Waals surface area contributed by atoms with Crippen LogP contribution in [0.25, 0.3) is 0 Å². The van der Waals surface area contributed by atoms with Gasteiger partial charge in [-0.3, -0.25) is 14.1 Å². The Kier molecular flexibility index (Phi) is 6.41. The monoisotopic (exact) mass is 576 g/mol. The highest BCUT2D eigenvalue weighted by Gasteiger charge is 2.76. The van der Waals surface area contributed by atoms with Crippen molar-refractivity contribution in [2.75, 3.05) is 5.75 Å². The van der Waals surface area contributed by atoms with E-state index in [-0.39, 0.29) is 18.3 Å². The quantitative estimate of drug-likeness (QED) is 0.278. The Morgan fingerprint density at radius 2 is 1.26 bits per heavy atom. The minimum Gasteiger partial charge on any atom is -0.459 e. The van der Waals surface area contributed by atoms with Crippen LogP contribution in [-0.2, 0) is 29.2 Å². The summed E-state index contributed by atoms with van der Waals surface area (Å²) in [6.45, 7) is 1.84. The zero-order valence-corrected chi connectivity index (χ0v) is 21.4. The Labute approximate surface area is 215 Å². The normalized spacial score (nSPS) is 40.4. The van der Waals surface area contributed by atoms with E-state index in [2.05, 4.69) is 4.74 Å². The second kappa shape index (κ2) is 8.71. The Hall–Kier alpha value is -1.57. The lowest BCUT2D eigenvalue weighted by Gasteiger charge is -2.59. The molecule has 4 unspecified atom stereocenters. The molecule has 6 fully saturated rings. The summed E-state index contributed by atoms with van der Waals surface area (Å²) in [5, 5.41) is 0. The van der Waals surface area contributed by atoms with Gasteiger partial charge in [-0.1, -0.05) is 0 Å². The van der Waals surface area contributed by atoms with Crippen molar-refractivity contribution in [2.45, 2.75) is 81.8 Å². The molecule has 0 aromatic carbocycles. The molecule has 6 aliphatic rings. The molecule has 4 atom stereocenters. The summed E-state index contributed by atoms with van der Waals surface area (Å²) in [7, 11) is -5.90. The maximum Gasteiger partial charge on any atom is 0.438 e. The minimum atomic E-state index is -6.42. The molecule has 6 saturated carbocycles. The fourth-order valence-corrected chi connectivity index (χ4v) is 9.41. The van der Waals surface area contributed by atoms with Crippen molar-refractivity contribution in [3.63, 3.8) is 0 Å². The van der Waals surface area contributed by atoms with Crippen LogP contribution in [0.3, 0.4) is 0 Å². The Balaban J connectivity index is 1.41. The fourth-order valence-electron chi connectivity index (χ4n) is 8.51. The number of carbonyl (C=O) groups excluding carboxylic acids is 2. The molecule has 6 aliphatic carbocycles. The minimum absolute atomic E-state index is 0.101. The van der Waals surface area contributed by atoms with Crippen LogP contribution in [0.15, 0.2) is 0 Å². The van der Waals surface area contributed by atoms with Crippen LogP contribution in [0.4, 0.5) is 26.3 Å². The van der Waals surface area contributed by atoms with Crippen molar-refractivity contribution >= 4 is 22.1 Å². The first kappa shape index (κ1) is 28.0. The highest BCUT2D eigenvalue weighted by molar-refractivity contribution is 7.85. The van der Waals surface area contributed by atoms with E-state index in [0.29, 0.717) is 24.7 Å². The molecule has 0 radical (unpaired) electrons. The number of rotatable bonds is 6. The number of fused-ring (bicyclic) bond motifs is 2. The van der Waals surface area contributed by atoms with E-state index in [9.17, 15) is 44.3 Å². The SMILES string of the molecule is CC1(OC(=O)C2C3CCC(C3)C2C(=O)OC(CS(=O)(=O)O)(C(F)(F)F)C(F)(F)F)C2CC3CC(C2)CC1C3. The van der Waals surface area contributed by atoms with Gasteiger partial charge in [0.1, 0.15) is 11.4 Å². The van der Waals surface area contributed by atoms with Crippen LogP contribution in [0, 0.1) is 47.3 Å². The summed E-state index contributed by atoms with van der Waals surface area (Å²) < 4.78 is 124. The molecule has 1 N–H and O–H groups in total. The van der Waals surface area contributed by atoms with E-state index in [0.717, 1.165) is 32.1 Å². The molecule has 0 spiro atoms. The first-order valence-corrected chi connectivity index (χ1v) is 14.5. The Morgan fingerprint density at radius 1 is 0.816 bits per heavy atom. The maximum absolute atomic E-state index is 13.8. The second-order valence-electron chi connectivity index (χ2n) is 12.3. The fraction of sp³-hybridized carbons (Fsp3) is 0.917. The van der Waals surface area contributed by atoms with Crippen LogP contribution in [0.1, 0.15) is 58.3 Å². The van der Waals surface area contributed by atoms with E-state index in [4.69, 9.17) is 9.29 Å². The van der Waals surface area contributed by atoms with Crippen LogP contribution >= 0.6 is 0 Å². The third-order valence-electron chi connectivity index (χ3n) is 10.1. The summed E-state index contributed by atoms with van der Waals surface area (Å²) in [6, 6.07) is 0. The van der Waals surface area contributed by atoms with E-state index in [1.807, 2.05) is 6.92 Å². The van der Waals surface area contributed by atoms with Gasteiger partial charge in [0.2, 0.25) is 0 Å². The number of alkyl halides is 6.